The Morgan fingerprint density at radius 1 is 1.29 bits per heavy atom. The topological polar surface area (TPSA) is 26.7 Å². The molecule has 0 spiro atoms. The van der Waals surface area contributed by atoms with Gasteiger partial charge >= 0.3 is 0 Å². The van der Waals surface area contributed by atoms with E-state index in [0.717, 1.165) is 31.7 Å². The fraction of sp³-hybridized carbons (Fsp3) is 0.571. The summed E-state index contributed by atoms with van der Waals surface area (Å²) in [5, 5.41) is 10.2. The zero-order valence-corrected chi connectivity index (χ0v) is 10.7. The van der Waals surface area contributed by atoms with E-state index in [1.807, 2.05) is 30.3 Å². The van der Waals surface area contributed by atoms with Gasteiger partial charge in [-0.2, -0.15) is 0 Å². The highest BCUT2D eigenvalue weighted by molar-refractivity contribution is 5.17. The van der Waals surface area contributed by atoms with Gasteiger partial charge in [0.25, 0.3) is 0 Å². The normalized spacial score (nSPS) is 24.8. The molecule has 2 atom stereocenters. The van der Waals surface area contributed by atoms with Crippen LogP contribution in [0.5, 0.6) is 0 Å². The summed E-state index contributed by atoms with van der Waals surface area (Å²) in [5.41, 5.74) is 1.01. The molecule has 0 aliphatic carbocycles. The molecule has 1 aromatic rings. The maximum Gasteiger partial charge on any atom is 0.0916 e. The van der Waals surface area contributed by atoms with Crippen LogP contribution >= 0.6 is 0 Å². The number of nitrogens with zero attached hydrogens (tertiary/aromatic N) is 2. The maximum absolute atomic E-state index is 10.2. The molecular formula is C14H22N2O. The number of hydrogen-bond acceptors (Lipinski definition) is 3. The van der Waals surface area contributed by atoms with Crippen molar-refractivity contribution in [2.75, 3.05) is 33.2 Å². The van der Waals surface area contributed by atoms with Crippen molar-refractivity contribution in [1.29, 1.82) is 0 Å². The number of aliphatic hydroxyl groups is 1. The van der Waals surface area contributed by atoms with Gasteiger partial charge in [0.1, 0.15) is 0 Å². The third kappa shape index (κ3) is 3.28. The predicted molar refractivity (Wildman–Crippen MR) is 69.9 cm³/mol. The number of rotatable bonds is 3. The Labute approximate surface area is 104 Å². The largest absolute Gasteiger partial charge is 0.387 e. The molecule has 2 unspecified atom stereocenters. The Hall–Kier alpha value is -0.900. The first-order valence-corrected chi connectivity index (χ1v) is 6.32. The Balaban J connectivity index is 1.89. The molecule has 1 N–H and O–H groups in total. The van der Waals surface area contributed by atoms with Crippen molar-refractivity contribution in [2.45, 2.75) is 19.1 Å². The Morgan fingerprint density at radius 3 is 2.65 bits per heavy atom. The molecule has 1 aromatic carbocycles. The van der Waals surface area contributed by atoms with Gasteiger partial charge in [0.2, 0.25) is 0 Å². The standard InChI is InChI=1S/C14H22N2O/c1-12-10-16(9-8-15(12)2)11-14(17)13-6-4-3-5-7-13/h3-7,12,14,17H,8-11H2,1-2H3. The van der Waals surface area contributed by atoms with Crippen LogP contribution in [0.15, 0.2) is 30.3 Å². The lowest BCUT2D eigenvalue weighted by molar-refractivity contribution is 0.0568. The molecule has 1 aliphatic rings. The smallest absolute Gasteiger partial charge is 0.0916 e. The summed E-state index contributed by atoms with van der Waals surface area (Å²) in [6.07, 6.45) is -0.369. The van der Waals surface area contributed by atoms with E-state index >= 15 is 0 Å². The minimum absolute atomic E-state index is 0.369. The molecule has 0 radical (unpaired) electrons. The third-order valence-corrected chi connectivity index (χ3v) is 3.66. The summed E-state index contributed by atoms with van der Waals surface area (Å²) in [5.74, 6) is 0. The van der Waals surface area contributed by atoms with Crippen molar-refractivity contribution < 1.29 is 5.11 Å². The van der Waals surface area contributed by atoms with Crippen molar-refractivity contribution in [3.63, 3.8) is 0 Å². The third-order valence-electron chi connectivity index (χ3n) is 3.66. The van der Waals surface area contributed by atoms with Crippen LogP contribution in [0.2, 0.25) is 0 Å². The summed E-state index contributed by atoms with van der Waals surface area (Å²) in [6, 6.07) is 10.5. The number of likely N-dealkylation sites (N-methyl/N-ethyl adjacent to an activating group) is 1. The lowest BCUT2D eigenvalue weighted by Gasteiger charge is -2.38. The predicted octanol–water partition coefficient (Wildman–Crippen LogP) is 1.36. The summed E-state index contributed by atoms with van der Waals surface area (Å²) >= 11 is 0. The molecule has 1 aliphatic heterocycles. The van der Waals surface area contributed by atoms with Gasteiger partial charge in [-0.25, -0.2) is 0 Å². The minimum Gasteiger partial charge on any atom is -0.387 e. The fourth-order valence-corrected chi connectivity index (χ4v) is 2.31. The van der Waals surface area contributed by atoms with E-state index in [1.165, 1.54) is 0 Å². The van der Waals surface area contributed by atoms with Gasteiger partial charge < -0.3 is 10.0 Å². The zero-order valence-electron chi connectivity index (χ0n) is 10.7. The SMILES string of the molecule is CC1CN(CC(O)c2ccccc2)CCN1C. The Bertz CT molecular complexity index is 341. The molecule has 1 heterocycles. The molecule has 3 nitrogen and oxygen atoms in total. The second-order valence-corrected chi connectivity index (χ2v) is 5.02. The van der Waals surface area contributed by atoms with E-state index in [0.29, 0.717) is 6.04 Å². The molecule has 17 heavy (non-hydrogen) atoms. The van der Waals surface area contributed by atoms with Crippen LogP contribution in [-0.2, 0) is 0 Å². The highest BCUT2D eigenvalue weighted by Gasteiger charge is 2.22. The van der Waals surface area contributed by atoms with Crippen LogP contribution in [0.1, 0.15) is 18.6 Å². The van der Waals surface area contributed by atoms with Crippen LogP contribution in [0.25, 0.3) is 0 Å². The fourth-order valence-electron chi connectivity index (χ4n) is 2.31. The van der Waals surface area contributed by atoms with Gasteiger partial charge in [-0.05, 0) is 19.5 Å². The first-order chi connectivity index (χ1) is 8.16. The quantitative estimate of drug-likeness (QED) is 0.855. The number of piperazine rings is 1. The number of benzene rings is 1. The molecular weight excluding hydrogens is 212 g/mol. The molecule has 0 saturated carbocycles. The number of β-amino-alcohol motifs (C(OH)–C–C–N with tert-alkyl or cyclic N) is 1. The van der Waals surface area contributed by atoms with Gasteiger partial charge in [-0.15, -0.1) is 0 Å². The molecule has 3 heteroatoms. The summed E-state index contributed by atoms with van der Waals surface area (Å²) in [4.78, 5) is 4.72. The van der Waals surface area contributed by atoms with E-state index < -0.39 is 0 Å². The lowest BCUT2D eigenvalue weighted by Crippen LogP contribution is -2.50. The van der Waals surface area contributed by atoms with Gasteiger partial charge in [0.15, 0.2) is 0 Å². The van der Waals surface area contributed by atoms with Crippen LogP contribution in [0.3, 0.4) is 0 Å². The zero-order chi connectivity index (χ0) is 12.3. The Morgan fingerprint density at radius 2 is 2.00 bits per heavy atom. The molecule has 0 aromatic heterocycles. The van der Waals surface area contributed by atoms with Gasteiger partial charge in [0, 0.05) is 32.2 Å². The molecule has 2 rings (SSSR count). The maximum atomic E-state index is 10.2. The van der Waals surface area contributed by atoms with E-state index in [-0.39, 0.29) is 6.10 Å². The molecule has 1 saturated heterocycles. The van der Waals surface area contributed by atoms with Gasteiger partial charge in [-0.3, -0.25) is 4.90 Å². The molecule has 0 bridgehead atoms. The van der Waals surface area contributed by atoms with Crippen molar-refractivity contribution in [3.05, 3.63) is 35.9 Å². The molecule has 0 amide bonds. The summed E-state index contributed by atoms with van der Waals surface area (Å²) in [6.45, 7) is 6.15. The van der Waals surface area contributed by atoms with E-state index in [4.69, 9.17) is 0 Å². The highest BCUT2D eigenvalue weighted by atomic mass is 16.3. The number of aliphatic hydroxyl groups excluding tert-OH is 1. The van der Waals surface area contributed by atoms with Crippen molar-refractivity contribution in [2.24, 2.45) is 0 Å². The van der Waals surface area contributed by atoms with Crippen molar-refractivity contribution in [3.8, 4) is 0 Å². The first kappa shape index (κ1) is 12.6. The van der Waals surface area contributed by atoms with Crippen molar-refractivity contribution >= 4 is 0 Å². The Kier molecular flexibility index (Phi) is 4.15. The summed E-state index contributed by atoms with van der Waals surface area (Å²) in [7, 11) is 2.16. The average Bonchev–Trinajstić information content (AvgIpc) is 2.35. The first-order valence-electron chi connectivity index (χ1n) is 6.32. The van der Waals surface area contributed by atoms with Crippen molar-refractivity contribution in [1.82, 2.24) is 9.80 Å². The average molecular weight is 234 g/mol. The van der Waals surface area contributed by atoms with E-state index in [9.17, 15) is 5.11 Å². The second kappa shape index (κ2) is 5.63. The van der Waals surface area contributed by atoms with E-state index in [1.54, 1.807) is 0 Å². The number of hydrogen-bond donors (Lipinski definition) is 1. The van der Waals surface area contributed by atoms with Crippen LogP contribution in [-0.4, -0.2) is 54.2 Å². The second-order valence-electron chi connectivity index (χ2n) is 5.02. The molecule has 94 valence electrons. The van der Waals surface area contributed by atoms with Gasteiger partial charge in [0.05, 0.1) is 6.10 Å². The minimum atomic E-state index is -0.369. The van der Waals surface area contributed by atoms with Crippen LogP contribution in [0.4, 0.5) is 0 Å². The lowest BCUT2D eigenvalue weighted by atomic mass is 10.1. The molecule has 1 fully saturated rings. The van der Waals surface area contributed by atoms with Crippen LogP contribution in [0, 0.1) is 0 Å². The highest BCUT2D eigenvalue weighted by Crippen LogP contribution is 2.16. The summed E-state index contributed by atoms with van der Waals surface area (Å²) < 4.78 is 0. The van der Waals surface area contributed by atoms with Gasteiger partial charge in [-0.1, -0.05) is 30.3 Å². The van der Waals surface area contributed by atoms with Crippen LogP contribution < -0.4 is 0 Å². The van der Waals surface area contributed by atoms with E-state index in [2.05, 4.69) is 23.8 Å². The monoisotopic (exact) mass is 234 g/mol.